The van der Waals surface area contributed by atoms with E-state index in [1.807, 2.05) is 0 Å². The van der Waals surface area contributed by atoms with Crippen molar-refractivity contribution in [2.45, 2.75) is 19.8 Å². The lowest BCUT2D eigenvalue weighted by molar-refractivity contribution is 0.748. The average molecular weight is 366 g/mol. The fraction of sp³-hybridized carbons (Fsp3) is 0.250. The van der Waals surface area contributed by atoms with Gasteiger partial charge in [0.25, 0.3) is 0 Å². The van der Waals surface area contributed by atoms with Gasteiger partial charge in [0.15, 0.2) is 0 Å². The highest BCUT2D eigenvalue weighted by Gasteiger charge is 2.35. The summed E-state index contributed by atoms with van der Waals surface area (Å²) in [6.45, 7) is 4.42. The maximum atomic E-state index is 3.60. The molecule has 0 aliphatic heterocycles. The summed E-state index contributed by atoms with van der Waals surface area (Å²) < 4.78 is 2.35. The number of hydrogen-bond donors (Lipinski definition) is 0. The van der Waals surface area contributed by atoms with Crippen LogP contribution in [0.2, 0.25) is 0 Å². The number of fused-ring (bicyclic) bond motifs is 3. The average Bonchev–Trinajstić information content (AvgIpc) is 2.60. The number of rotatable bonds is 0. The van der Waals surface area contributed by atoms with Crippen molar-refractivity contribution in [2.24, 2.45) is 5.92 Å². The van der Waals surface area contributed by atoms with Crippen molar-refractivity contribution < 1.29 is 0 Å². The normalized spacial score (nSPS) is 24.7. The Morgan fingerprint density at radius 1 is 1.11 bits per heavy atom. The predicted octanol–water partition coefficient (Wildman–Crippen LogP) is 5.80. The third-order valence-electron chi connectivity index (χ3n) is 3.73. The van der Waals surface area contributed by atoms with Crippen LogP contribution in [0, 0.1) is 5.92 Å². The first-order valence-electron chi connectivity index (χ1n) is 6.10. The zero-order valence-corrected chi connectivity index (χ0v) is 13.5. The van der Waals surface area contributed by atoms with Crippen molar-refractivity contribution in [1.29, 1.82) is 0 Å². The predicted molar refractivity (Wildman–Crippen MR) is 84.8 cm³/mol. The fourth-order valence-electron chi connectivity index (χ4n) is 3.04. The van der Waals surface area contributed by atoms with E-state index < -0.39 is 0 Å². The Balaban J connectivity index is 2.26. The Kier molecular flexibility index (Phi) is 3.11. The monoisotopic (exact) mass is 364 g/mol. The van der Waals surface area contributed by atoms with Gasteiger partial charge in [-0.3, -0.25) is 0 Å². The maximum Gasteiger partial charge on any atom is 0.0181 e. The van der Waals surface area contributed by atoms with Gasteiger partial charge >= 0.3 is 0 Å². The number of halogens is 2. The van der Waals surface area contributed by atoms with E-state index in [0.29, 0.717) is 11.8 Å². The number of allylic oxidation sites excluding steroid dienone is 6. The summed E-state index contributed by atoms with van der Waals surface area (Å²) in [5, 5.41) is 0. The van der Waals surface area contributed by atoms with Crippen LogP contribution < -0.4 is 0 Å². The summed E-state index contributed by atoms with van der Waals surface area (Å²) in [5.41, 5.74) is 5.75. The first-order chi connectivity index (χ1) is 8.58. The summed E-state index contributed by atoms with van der Waals surface area (Å²) in [4.78, 5) is 0. The van der Waals surface area contributed by atoms with E-state index in [4.69, 9.17) is 0 Å². The standard InChI is InChI=1S/C16H14Br2/c1-9(2)16-14-7-10(17)3-5-12(14)13-6-4-11(18)8-15(13)16/h3-8,12,14H,1-2H3. The molecule has 0 radical (unpaired) electrons. The summed E-state index contributed by atoms with van der Waals surface area (Å²) >= 11 is 7.19. The van der Waals surface area contributed by atoms with Gasteiger partial charge in [-0.1, -0.05) is 61.7 Å². The van der Waals surface area contributed by atoms with E-state index in [1.54, 1.807) is 0 Å². The van der Waals surface area contributed by atoms with Crippen molar-refractivity contribution >= 4 is 37.4 Å². The van der Waals surface area contributed by atoms with E-state index >= 15 is 0 Å². The van der Waals surface area contributed by atoms with Gasteiger partial charge in [0.2, 0.25) is 0 Å². The van der Waals surface area contributed by atoms with Crippen LogP contribution in [0.1, 0.15) is 30.9 Å². The first kappa shape index (κ1) is 12.4. The summed E-state index contributed by atoms with van der Waals surface area (Å²) in [6, 6.07) is 6.65. The molecule has 0 saturated carbocycles. The third-order valence-corrected chi connectivity index (χ3v) is 4.75. The summed E-state index contributed by atoms with van der Waals surface area (Å²) in [7, 11) is 0. The fourth-order valence-corrected chi connectivity index (χ4v) is 3.84. The Labute approximate surface area is 125 Å². The largest absolute Gasteiger partial charge is 0.0749 e. The minimum Gasteiger partial charge on any atom is -0.0749 e. The molecule has 0 heterocycles. The molecule has 0 spiro atoms. The van der Waals surface area contributed by atoms with E-state index in [-0.39, 0.29) is 0 Å². The highest BCUT2D eigenvalue weighted by atomic mass is 79.9. The van der Waals surface area contributed by atoms with E-state index in [1.165, 1.54) is 26.8 Å². The van der Waals surface area contributed by atoms with Gasteiger partial charge in [-0.25, -0.2) is 0 Å². The maximum absolute atomic E-state index is 3.60. The molecule has 2 aliphatic carbocycles. The quantitative estimate of drug-likeness (QED) is 0.544. The molecule has 3 rings (SSSR count). The van der Waals surface area contributed by atoms with Crippen LogP contribution in [0.5, 0.6) is 0 Å². The Bertz CT molecular complexity index is 602. The molecule has 0 aromatic heterocycles. The van der Waals surface area contributed by atoms with E-state index in [0.717, 1.165) is 4.47 Å². The lowest BCUT2D eigenvalue weighted by atomic mass is 9.86. The van der Waals surface area contributed by atoms with Crippen LogP contribution in [0.25, 0.3) is 5.57 Å². The molecule has 0 saturated heterocycles. The second-order valence-electron chi connectivity index (χ2n) is 5.11. The minimum absolute atomic E-state index is 0.485. The number of hydrogen-bond acceptors (Lipinski definition) is 0. The number of benzene rings is 1. The van der Waals surface area contributed by atoms with Crippen molar-refractivity contribution in [3.05, 3.63) is 62.1 Å². The van der Waals surface area contributed by atoms with Crippen molar-refractivity contribution in [1.82, 2.24) is 0 Å². The van der Waals surface area contributed by atoms with Crippen LogP contribution in [-0.2, 0) is 0 Å². The molecule has 92 valence electrons. The van der Waals surface area contributed by atoms with Gasteiger partial charge in [-0.15, -0.1) is 0 Å². The molecular weight excluding hydrogens is 352 g/mol. The highest BCUT2D eigenvalue weighted by molar-refractivity contribution is 9.12. The molecule has 1 aromatic carbocycles. The van der Waals surface area contributed by atoms with Crippen LogP contribution in [0.15, 0.2) is 51.0 Å². The van der Waals surface area contributed by atoms with Crippen LogP contribution in [-0.4, -0.2) is 0 Å². The molecule has 2 unspecified atom stereocenters. The molecule has 2 aliphatic rings. The third kappa shape index (κ3) is 1.86. The topological polar surface area (TPSA) is 0 Å². The minimum atomic E-state index is 0.485. The van der Waals surface area contributed by atoms with Gasteiger partial charge in [-0.05, 0) is 42.7 Å². The molecule has 2 atom stereocenters. The van der Waals surface area contributed by atoms with Gasteiger partial charge in [0.05, 0.1) is 0 Å². The van der Waals surface area contributed by atoms with Gasteiger partial charge in [-0.2, -0.15) is 0 Å². The first-order valence-corrected chi connectivity index (χ1v) is 7.69. The van der Waals surface area contributed by atoms with Crippen molar-refractivity contribution in [3.63, 3.8) is 0 Å². The smallest absolute Gasteiger partial charge is 0.0181 e. The molecule has 0 bridgehead atoms. The highest BCUT2D eigenvalue weighted by Crippen LogP contribution is 2.51. The Hall–Kier alpha value is -0.600. The second kappa shape index (κ2) is 4.50. The second-order valence-corrected chi connectivity index (χ2v) is 6.94. The van der Waals surface area contributed by atoms with Gasteiger partial charge in [0.1, 0.15) is 0 Å². The Morgan fingerprint density at radius 2 is 1.89 bits per heavy atom. The molecule has 18 heavy (non-hydrogen) atoms. The summed E-state index contributed by atoms with van der Waals surface area (Å²) in [5.74, 6) is 0.984. The lowest BCUT2D eigenvalue weighted by Crippen LogP contribution is -2.06. The van der Waals surface area contributed by atoms with Crippen LogP contribution in [0.4, 0.5) is 0 Å². The van der Waals surface area contributed by atoms with Crippen molar-refractivity contribution in [2.75, 3.05) is 0 Å². The summed E-state index contributed by atoms with van der Waals surface area (Å²) in [6.07, 6.45) is 6.82. The van der Waals surface area contributed by atoms with Gasteiger partial charge < -0.3 is 0 Å². The molecule has 1 aromatic rings. The lowest BCUT2D eigenvalue weighted by Gasteiger charge is -2.19. The van der Waals surface area contributed by atoms with Crippen molar-refractivity contribution in [3.8, 4) is 0 Å². The van der Waals surface area contributed by atoms with E-state index in [2.05, 4.69) is 82.1 Å². The molecule has 2 heteroatoms. The van der Waals surface area contributed by atoms with Crippen LogP contribution in [0.3, 0.4) is 0 Å². The molecular formula is C16H14Br2. The zero-order chi connectivity index (χ0) is 12.9. The van der Waals surface area contributed by atoms with Crippen LogP contribution >= 0.6 is 31.9 Å². The SMILES string of the molecule is CC(C)=C1c2cc(Br)ccc2C2C=CC(Br)=CC12. The molecule has 0 fully saturated rings. The Morgan fingerprint density at radius 3 is 2.61 bits per heavy atom. The van der Waals surface area contributed by atoms with E-state index in [9.17, 15) is 0 Å². The zero-order valence-electron chi connectivity index (χ0n) is 10.4. The molecule has 0 N–H and O–H groups in total. The molecule has 0 amide bonds. The van der Waals surface area contributed by atoms with Gasteiger partial charge in [0, 0.05) is 20.8 Å². The molecule has 0 nitrogen and oxygen atoms in total.